The van der Waals surface area contributed by atoms with Crippen molar-refractivity contribution in [2.45, 2.75) is 63.0 Å². The maximum absolute atomic E-state index is 13.8. The highest BCUT2D eigenvalue weighted by Gasteiger charge is 2.41. The van der Waals surface area contributed by atoms with Gasteiger partial charge in [0.15, 0.2) is 0 Å². The first-order valence-corrected chi connectivity index (χ1v) is 15.5. The van der Waals surface area contributed by atoms with Gasteiger partial charge in [-0.1, -0.05) is 12.1 Å². The summed E-state index contributed by atoms with van der Waals surface area (Å²) >= 11 is 0. The molecule has 9 nitrogen and oxygen atoms in total. The molecule has 5 rings (SSSR count). The Kier molecular flexibility index (Phi) is 9.67. The lowest BCUT2D eigenvalue weighted by molar-refractivity contribution is -0.143. The van der Waals surface area contributed by atoms with Crippen LogP contribution < -0.4 is 11.4 Å². The third-order valence-corrected chi connectivity index (χ3v) is 9.42. The van der Waals surface area contributed by atoms with E-state index in [9.17, 15) is 40.7 Å². The normalized spacial score (nSPS) is 17.9. The van der Waals surface area contributed by atoms with E-state index < -0.39 is 59.7 Å². The van der Waals surface area contributed by atoms with Crippen LogP contribution in [0.2, 0.25) is 0 Å². The minimum Gasteiger partial charge on any atom is -0.398 e. The van der Waals surface area contributed by atoms with Crippen molar-refractivity contribution in [2.75, 3.05) is 46.0 Å². The van der Waals surface area contributed by atoms with E-state index in [1.807, 2.05) is 37.2 Å². The smallest absolute Gasteiger partial charge is 0.398 e. The highest BCUT2D eigenvalue weighted by Crippen LogP contribution is 2.42. The monoisotopic (exact) mass is 668 g/mol. The molecule has 2 amide bonds. The van der Waals surface area contributed by atoms with E-state index in [1.165, 1.54) is 0 Å². The van der Waals surface area contributed by atoms with Gasteiger partial charge in [-0.25, -0.2) is 4.79 Å². The predicted molar refractivity (Wildman–Crippen MR) is 163 cm³/mol. The van der Waals surface area contributed by atoms with Crippen molar-refractivity contribution in [3.8, 4) is 0 Å². The zero-order chi connectivity index (χ0) is 34.3. The minimum atomic E-state index is -5.17. The van der Waals surface area contributed by atoms with Crippen LogP contribution >= 0.6 is 0 Å². The summed E-state index contributed by atoms with van der Waals surface area (Å²) < 4.78 is 84.3. The minimum absolute atomic E-state index is 0.186. The van der Waals surface area contributed by atoms with Crippen LogP contribution in [0.1, 0.15) is 54.8 Å². The Morgan fingerprint density at radius 2 is 1.47 bits per heavy atom. The first kappa shape index (κ1) is 34.3. The first-order chi connectivity index (χ1) is 22.0. The summed E-state index contributed by atoms with van der Waals surface area (Å²) in [5.41, 5.74) is 1.41. The Bertz CT molecular complexity index is 1630. The van der Waals surface area contributed by atoms with Gasteiger partial charge in [-0.15, -0.1) is 0 Å². The zero-order valence-corrected chi connectivity index (χ0v) is 26.1. The predicted octanol–water partition coefficient (Wildman–Crippen LogP) is 4.91. The topological polar surface area (TPSA) is 108 Å². The molecule has 3 aromatic rings. The molecule has 2 aliphatic heterocycles. The lowest BCUT2D eigenvalue weighted by atomic mass is 9.90. The van der Waals surface area contributed by atoms with Gasteiger partial charge in [0.1, 0.15) is 0 Å². The summed E-state index contributed by atoms with van der Waals surface area (Å²) in [5.74, 6) is -2.12. The number of rotatable bonds is 7. The number of likely N-dealkylation sites (tertiary alicyclic amines) is 2. The van der Waals surface area contributed by atoms with Gasteiger partial charge in [0, 0.05) is 44.7 Å². The fourth-order valence-corrected chi connectivity index (χ4v) is 6.84. The number of carbonyl (C=O) groups excluding carboxylic acids is 2. The van der Waals surface area contributed by atoms with Crippen LogP contribution in [0.4, 0.5) is 32.0 Å². The molecule has 2 fully saturated rings. The van der Waals surface area contributed by atoms with Crippen LogP contribution in [0.25, 0.3) is 11.0 Å². The summed E-state index contributed by atoms with van der Waals surface area (Å²) in [7, 11) is 3.83. The SMILES string of the molecule is CN(C)C1CCN(C(=O)[C@H](CC(=O)N2CCC(n3c(=O)[nH]c4ccccc43)CC2)Cc2cc(C(F)(F)F)c(N)c(C(F)(F)F)c2)CC1. The van der Waals surface area contributed by atoms with Gasteiger partial charge >= 0.3 is 18.0 Å². The number of benzene rings is 2. The van der Waals surface area contributed by atoms with Crippen LogP contribution in [0.5, 0.6) is 0 Å². The molecule has 256 valence electrons. The number of aromatic amines is 1. The van der Waals surface area contributed by atoms with Gasteiger partial charge in [-0.05, 0) is 76.0 Å². The number of nitrogens with one attached hydrogen (secondary N) is 1. The van der Waals surface area contributed by atoms with Crippen LogP contribution in [0.15, 0.2) is 41.2 Å². The molecular weight excluding hydrogens is 630 g/mol. The zero-order valence-electron chi connectivity index (χ0n) is 26.1. The number of nitrogens with zero attached hydrogens (tertiary/aromatic N) is 4. The Hall–Kier alpha value is -4.01. The second-order valence-electron chi connectivity index (χ2n) is 12.7. The standard InChI is InChI=1S/C32H38F6N6O3/c1-41(2)21-7-13-43(14-8-21)29(46)20(15-19-16-23(31(33,34)35)28(39)24(17-19)32(36,37)38)18-27(45)42-11-9-22(10-12-42)44-26-6-4-3-5-25(26)40-30(44)47/h3-6,16-17,20-22H,7-15,18,39H2,1-2H3,(H,40,47)/t20-/m0/s1. The third-order valence-electron chi connectivity index (χ3n) is 9.42. The van der Waals surface area contributed by atoms with E-state index in [-0.39, 0.29) is 36.4 Å². The molecule has 0 aliphatic carbocycles. The number of alkyl halides is 6. The lowest BCUT2D eigenvalue weighted by Crippen LogP contribution is -2.48. The second kappa shape index (κ2) is 13.2. The lowest BCUT2D eigenvalue weighted by Gasteiger charge is -2.37. The maximum atomic E-state index is 13.8. The Morgan fingerprint density at radius 1 is 0.915 bits per heavy atom. The molecule has 3 N–H and O–H groups in total. The number of nitrogen functional groups attached to an aromatic ring is 1. The molecule has 2 aliphatic rings. The molecule has 1 atom stereocenters. The van der Waals surface area contributed by atoms with Crippen molar-refractivity contribution in [3.05, 3.63) is 63.6 Å². The summed E-state index contributed by atoms with van der Waals surface area (Å²) in [5, 5.41) is 0. The Balaban J connectivity index is 1.37. The van der Waals surface area contributed by atoms with Crippen molar-refractivity contribution in [1.29, 1.82) is 0 Å². The Labute approximate surface area is 267 Å². The molecule has 1 aromatic heterocycles. The van der Waals surface area contributed by atoms with Gasteiger partial charge in [-0.3, -0.25) is 14.2 Å². The second-order valence-corrected chi connectivity index (χ2v) is 12.7. The number of piperidine rings is 2. The van der Waals surface area contributed by atoms with E-state index in [2.05, 4.69) is 4.98 Å². The fraction of sp³-hybridized carbons (Fsp3) is 0.531. The summed E-state index contributed by atoms with van der Waals surface area (Å²) in [6.45, 7) is 1.23. The first-order valence-electron chi connectivity index (χ1n) is 15.5. The van der Waals surface area contributed by atoms with E-state index >= 15 is 0 Å². The molecule has 2 aromatic carbocycles. The number of anilines is 1. The number of imidazole rings is 1. The number of H-pyrrole nitrogens is 1. The molecule has 0 unspecified atom stereocenters. The fourth-order valence-electron chi connectivity index (χ4n) is 6.84. The number of fused-ring (bicyclic) bond motifs is 1. The Morgan fingerprint density at radius 3 is 2.02 bits per heavy atom. The van der Waals surface area contributed by atoms with Crippen LogP contribution in [-0.4, -0.2) is 82.4 Å². The average molecular weight is 669 g/mol. The number of hydrogen-bond acceptors (Lipinski definition) is 5. The van der Waals surface area contributed by atoms with Crippen molar-refractivity contribution in [1.82, 2.24) is 24.3 Å². The molecule has 0 radical (unpaired) electrons. The molecule has 0 bridgehead atoms. The molecule has 15 heteroatoms. The van der Waals surface area contributed by atoms with Gasteiger partial charge < -0.3 is 25.4 Å². The van der Waals surface area contributed by atoms with Gasteiger partial charge in [0.05, 0.1) is 33.8 Å². The maximum Gasteiger partial charge on any atom is 0.418 e. The number of carbonyl (C=O) groups is 2. The summed E-state index contributed by atoms with van der Waals surface area (Å²) in [6, 6.07) is 8.36. The largest absolute Gasteiger partial charge is 0.418 e. The molecule has 0 saturated carbocycles. The van der Waals surface area contributed by atoms with Gasteiger partial charge in [0.25, 0.3) is 0 Å². The van der Waals surface area contributed by atoms with Gasteiger partial charge in [-0.2, -0.15) is 26.3 Å². The van der Waals surface area contributed by atoms with E-state index in [1.54, 1.807) is 20.4 Å². The molecule has 47 heavy (non-hydrogen) atoms. The van der Waals surface area contributed by atoms with Crippen molar-refractivity contribution in [2.24, 2.45) is 5.92 Å². The third kappa shape index (κ3) is 7.44. The molecule has 3 heterocycles. The van der Waals surface area contributed by atoms with Crippen molar-refractivity contribution >= 4 is 28.5 Å². The number of para-hydroxylation sites is 2. The van der Waals surface area contributed by atoms with Crippen LogP contribution in [0.3, 0.4) is 0 Å². The number of halogens is 6. The molecular formula is C32H38F6N6O3. The quantitative estimate of drug-likeness (QED) is 0.275. The number of nitrogens with two attached hydrogens (primary N) is 1. The summed E-state index contributed by atoms with van der Waals surface area (Å²) in [6.07, 6.45) is -9.06. The van der Waals surface area contributed by atoms with E-state index in [0.29, 0.717) is 56.4 Å². The van der Waals surface area contributed by atoms with E-state index in [0.717, 1.165) is 5.52 Å². The van der Waals surface area contributed by atoms with Crippen molar-refractivity contribution < 1.29 is 35.9 Å². The number of aromatic nitrogens is 2. The van der Waals surface area contributed by atoms with Crippen LogP contribution in [-0.2, 0) is 28.4 Å². The summed E-state index contributed by atoms with van der Waals surface area (Å²) in [4.78, 5) is 48.0. The van der Waals surface area contributed by atoms with Gasteiger partial charge in [0.2, 0.25) is 11.8 Å². The highest BCUT2D eigenvalue weighted by atomic mass is 19.4. The highest BCUT2D eigenvalue weighted by molar-refractivity contribution is 5.86. The van der Waals surface area contributed by atoms with Crippen LogP contribution in [0, 0.1) is 5.92 Å². The average Bonchev–Trinajstić information content (AvgIpc) is 3.35. The van der Waals surface area contributed by atoms with Crippen molar-refractivity contribution in [3.63, 3.8) is 0 Å². The molecule has 0 spiro atoms. The number of amides is 2. The molecule has 2 saturated heterocycles. The number of hydrogen-bond donors (Lipinski definition) is 2. The van der Waals surface area contributed by atoms with E-state index in [4.69, 9.17) is 5.73 Å².